The number of imide groups is 1. The summed E-state index contributed by atoms with van der Waals surface area (Å²) in [4.78, 5) is 45.9. The van der Waals surface area contributed by atoms with E-state index in [4.69, 9.17) is 9.47 Å². The van der Waals surface area contributed by atoms with Crippen LogP contribution in [0.2, 0.25) is 0 Å². The maximum atomic E-state index is 12.9. The first-order valence-electron chi connectivity index (χ1n) is 10.3. The number of benzene rings is 1. The smallest absolute Gasteiger partial charge is 0.322 e. The first-order chi connectivity index (χ1) is 16.4. The van der Waals surface area contributed by atoms with E-state index >= 15 is 0 Å². The van der Waals surface area contributed by atoms with Crippen molar-refractivity contribution in [1.82, 2.24) is 25.5 Å². The fourth-order valence-electron chi connectivity index (χ4n) is 3.41. The van der Waals surface area contributed by atoms with Crippen LogP contribution in [0.15, 0.2) is 79.1 Å². The average Bonchev–Trinajstić information content (AvgIpc) is 3.13. The van der Waals surface area contributed by atoms with Crippen molar-refractivity contribution in [2.24, 2.45) is 0 Å². The van der Waals surface area contributed by atoms with Gasteiger partial charge in [-0.3, -0.25) is 14.9 Å². The van der Waals surface area contributed by atoms with E-state index in [1.165, 1.54) is 23.6 Å². The second kappa shape index (κ2) is 10.9. The fraction of sp³-hybridized carbons (Fsp3) is 0.208. The predicted molar refractivity (Wildman–Crippen MR) is 124 cm³/mol. The standard InChI is InChI=1S/C24H25N5O5/c1-4-19(33-3)8-5-17(2)13-29(16-30)14-24(22(31)27-23(32)28-24)18-6-9-20(10-7-18)34-21-11-25-15-26-12-21/h4-12,15-16H,2,13-14H2,1,3H3,(H2,27,28,31,32)/b8-5-,19-4+/t24-/m0/s1. The molecule has 0 radical (unpaired) electrons. The van der Waals surface area contributed by atoms with E-state index in [1.807, 2.05) is 6.92 Å². The van der Waals surface area contributed by atoms with Crippen molar-refractivity contribution in [2.75, 3.05) is 20.2 Å². The van der Waals surface area contributed by atoms with E-state index in [2.05, 4.69) is 27.2 Å². The molecule has 1 aliphatic heterocycles. The second-order valence-electron chi connectivity index (χ2n) is 7.41. The Morgan fingerprint density at radius 2 is 1.85 bits per heavy atom. The molecular formula is C24H25N5O5. The highest BCUT2D eigenvalue weighted by Gasteiger charge is 2.48. The molecule has 0 saturated carbocycles. The van der Waals surface area contributed by atoms with Gasteiger partial charge in [-0.1, -0.05) is 24.8 Å². The van der Waals surface area contributed by atoms with Crippen LogP contribution in [0, 0.1) is 0 Å². The molecule has 0 bridgehead atoms. The van der Waals surface area contributed by atoms with Crippen molar-refractivity contribution < 1.29 is 23.9 Å². The lowest BCUT2D eigenvalue weighted by atomic mass is 9.89. The molecule has 1 aliphatic rings. The van der Waals surface area contributed by atoms with Crippen molar-refractivity contribution in [3.8, 4) is 11.5 Å². The van der Waals surface area contributed by atoms with Crippen LogP contribution in [0.25, 0.3) is 0 Å². The van der Waals surface area contributed by atoms with Crippen molar-refractivity contribution in [3.05, 3.63) is 84.7 Å². The number of nitrogens with zero attached hydrogens (tertiary/aromatic N) is 3. The first kappa shape index (κ1) is 24.2. The molecule has 1 aromatic heterocycles. The molecule has 0 aliphatic carbocycles. The van der Waals surface area contributed by atoms with Gasteiger partial charge >= 0.3 is 6.03 Å². The Hall–Kier alpha value is -4.47. The molecule has 3 rings (SSSR count). The van der Waals surface area contributed by atoms with Gasteiger partial charge in [0, 0.05) is 6.54 Å². The van der Waals surface area contributed by atoms with Crippen molar-refractivity contribution >= 4 is 18.3 Å². The Bertz CT molecular complexity index is 1110. The summed E-state index contributed by atoms with van der Waals surface area (Å²) in [5.41, 5.74) is -0.384. The molecule has 2 N–H and O–H groups in total. The Kier molecular flexibility index (Phi) is 7.75. The zero-order valence-electron chi connectivity index (χ0n) is 18.9. The lowest BCUT2D eigenvalue weighted by Crippen LogP contribution is -2.52. The minimum atomic E-state index is -1.47. The van der Waals surface area contributed by atoms with Crippen LogP contribution in [0.3, 0.4) is 0 Å². The van der Waals surface area contributed by atoms with Crippen LogP contribution < -0.4 is 15.4 Å². The minimum Gasteiger partial charge on any atom is -0.497 e. The SMILES string of the molecule is C=C(/C=C\C(=C/C)OC)CN(C=O)C[C@@]1(c2ccc(Oc3cncnc3)cc2)NC(=O)NC1=O. The number of allylic oxidation sites excluding steroid dienone is 2. The molecule has 0 spiro atoms. The average molecular weight is 463 g/mol. The minimum absolute atomic E-state index is 0.103. The summed E-state index contributed by atoms with van der Waals surface area (Å²) in [6.45, 7) is 5.82. The summed E-state index contributed by atoms with van der Waals surface area (Å²) in [5, 5.41) is 4.93. The third-order valence-electron chi connectivity index (χ3n) is 5.06. The topological polar surface area (TPSA) is 123 Å². The lowest BCUT2D eigenvalue weighted by Gasteiger charge is -2.31. The summed E-state index contributed by atoms with van der Waals surface area (Å²) in [6, 6.07) is 5.96. The maximum Gasteiger partial charge on any atom is 0.322 e. The number of hydrogen-bond donors (Lipinski definition) is 2. The zero-order valence-corrected chi connectivity index (χ0v) is 18.9. The number of rotatable bonds is 11. The predicted octanol–water partition coefficient (Wildman–Crippen LogP) is 2.42. The largest absolute Gasteiger partial charge is 0.497 e. The van der Waals surface area contributed by atoms with E-state index in [0.717, 1.165) is 0 Å². The molecule has 1 aromatic carbocycles. The van der Waals surface area contributed by atoms with Crippen LogP contribution in [0.5, 0.6) is 11.5 Å². The fourth-order valence-corrected chi connectivity index (χ4v) is 3.41. The van der Waals surface area contributed by atoms with Gasteiger partial charge in [0.05, 0.1) is 26.0 Å². The number of aromatic nitrogens is 2. The molecule has 2 heterocycles. The summed E-state index contributed by atoms with van der Waals surface area (Å²) < 4.78 is 10.9. The van der Waals surface area contributed by atoms with Crippen LogP contribution in [0.4, 0.5) is 4.79 Å². The number of hydrogen-bond acceptors (Lipinski definition) is 7. The molecule has 1 atom stereocenters. The molecule has 10 heteroatoms. The summed E-state index contributed by atoms with van der Waals surface area (Å²) >= 11 is 0. The van der Waals surface area contributed by atoms with Crippen molar-refractivity contribution in [3.63, 3.8) is 0 Å². The van der Waals surface area contributed by atoms with Gasteiger partial charge in [-0.2, -0.15) is 0 Å². The maximum absolute atomic E-state index is 12.9. The Morgan fingerprint density at radius 1 is 1.15 bits per heavy atom. The number of amides is 4. The number of urea groups is 1. The number of nitrogens with one attached hydrogen (secondary N) is 2. The number of carbonyl (C=O) groups excluding carboxylic acids is 3. The first-order valence-corrected chi connectivity index (χ1v) is 10.3. The quantitative estimate of drug-likeness (QED) is 0.227. The van der Waals surface area contributed by atoms with E-state index < -0.39 is 17.5 Å². The van der Waals surface area contributed by atoms with Gasteiger partial charge in [0.15, 0.2) is 11.3 Å². The van der Waals surface area contributed by atoms with Crippen molar-refractivity contribution in [1.29, 1.82) is 0 Å². The van der Waals surface area contributed by atoms with Crippen molar-refractivity contribution in [2.45, 2.75) is 12.5 Å². The number of methoxy groups -OCH3 is 1. The Morgan fingerprint density at radius 3 is 2.41 bits per heavy atom. The molecule has 1 fully saturated rings. The molecule has 176 valence electrons. The molecule has 34 heavy (non-hydrogen) atoms. The monoisotopic (exact) mass is 463 g/mol. The number of ether oxygens (including phenoxy) is 2. The molecular weight excluding hydrogens is 438 g/mol. The zero-order chi connectivity index (χ0) is 24.6. The van der Waals surface area contributed by atoms with E-state index in [9.17, 15) is 14.4 Å². The highest BCUT2D eigenvalue weighted by Crippen LogP contribution is 2.29. The van der Waals surface area contributed by atoms with Gasteiger partial charge < -0.3 is 19.7 Å². The van der Waals surface area contributed by atoms with Gasteiger partial charge in [-0.25, -0.2) is 14.8 Å². The lowest BCUT2D eigenvalue weighted by molar-refractivity contribution is -0.126. The van der Waals surface area contributed by atoms with Crippen LogP contribution in [-0.2, 0) is 19.9 Å². The Balaban J connectivity index is 1.80. The van der Waals surface area contributed by atoms with Gasteiger partial charge in [0.1, 0.15) is 17.8 Å². The third-order valence-corrected chi connectivity index (χ3v) is 5.06. The molecule has 2 aromatic rings. The van der Waals surface area contributed by atoms with Crippen LogP contribution >= 0.6 is 0 Å². The van der Waals surface area contributed by atoms with Gasteiger partial charge in [-0.05, 0) is 42.3 Å². The molecule has 0 unspecified atom stereocenters. The van der Waals surface area contributed by atoms with Crippen LogP contribution in [0.1, 0.15) is 12.5 Å². The van der Waals surface area contributed by atoms with Crippen LogP contribution in [-0.4, -0.2) is 53.4 Å². The Labute approximate surface area is 197 Å². The highest BCUT2D eigenvalue weighted by atomic mass is 16.5. The molecule has 10 nitrogen and oxygen atoms in total. The van der Waals surface area contributed by atoms with Gasteiger partial charge in [-0.15, -0.1) is 0 Å². The van der Waals surface area contributed by atoms with E-state index in [-0.39, 0.29) is 13.1 Å². The number of carbonyl (C=O) groups is 3. The third kappa shape index (κ3) is 5.66. The summed E-state index contributed by atoms with van der Waals surface area (Å²) in [7, 11) is 1.55. The highest BCUT2D eigenvalue weighted by molar-refractivity contribution is 6.07. The molecule has 4 amide bonds. The van der Waals surface area contributed by atoms with E-state index in [0.29, 0.717) is 34.8 Å². The second-order valence-corrected chi connectivity index (χ2v) is 7.41. The van der Waals surface area contributed by atoms with E-state index in [1.54, 1.807) is 49.6 Å². The summed E-state index contributed by atoms with van der Waals surface area (Å²) in [6.07, 6.45) is 10.3. The molecule has 1 saturated heterocycles. The normalized spacial score (nSPS) is 17.8. The van der Waals surface area contributed by atoms with Gasteiger partial charge in [0.25, 0.3) is 5.91 Å². The summed E-state index contributed by atoms with van der Waals surface area (Å²) in [5.74, 6) is 1.01. The van der Waals surface area contributed by atoms with Gasteiger partial charge in [0.2, 0.25) is 6.41 Å².